The Bertz CT molecular complexity index is 107. The fraction of sp³-hybridized carbons (Fsp3) is 0.600. The third-order valence-corrected chi connectivity index (χ3v) is 0.470. The first kappa shape index (κ1) is 7.14. The third kappa shape index (κ3) is 5.14. The largest absolute Gasteiger partial charge is 0.303 e. The molecule has 3 nitrogen and oxygen atoms in total. The molecule has 0 radical (unpaired) electrons. The minimum Gasteiger partial charge on any atom is -0.303 e. The van der Waals surface area contributed by atoms with Crippen molar-refractivity contribution in [1.82, 2.24) is 5.01 Å². The summed E-state index contributed by atoms with van der Waals surface area (Å²) < 4.78 is 0. The molecule has 0 aromatic heterocycles. The van der Waals surface area contributed by atoms with E-state index in [0.29, 0.717) is 0 Å². The Morgan fingerprint density at radius 1 is 1.62 bits per heavy atom. The number of nitrogens with zero attached hydrogens (tertiary/aromatic N) is 2. The Labute approximate surface area is 49.0 Å². The lowest BCUT2D eigenvalue weighted by Crippen LogP contribution is -2.04. The quantitative estimate of drug-likeness (QED) is 0.377. The van der Waals surface area contributed by atoms with Gasteiger partial charge >= 0.3 is 0 Å². The van der Waals surface area contributed by atoms with Gasteiger partial charge < -0.3 is 5.01 Å². The van der Waals surface area contributed by atoms with E-state index in [4.69, 9.17) is 0 Å². The number of ketones is 1. The average Bonchev–Trinajstić information content (AvgIpc) is 1.61. The second kappa shape index (κ2) is 3.18. The Balaban J connectivity index is 3.50. The van der Waals surface area contributed by atoms with E-state index in [-0.39, 0.29) is 5.78 Å². The molecular formula is C5H10N2O. The van der Waals surface area contributed by atoms with Gasteiger partial charge in [-0.15, -0.1) is 0 Å². The molecule has 0 heterocycles. The molecule has 46 valence electrons. The molecule has 0 fully saturated rings. The highest BCUT2D eigenvalue weighted by molar-refractivity contribution is 6.26. The Hall–Kier alpha value is -0.860. The standard InChI is InChI=1S/C5H10N2O/c1-5(8)4-6-7(2)3/h4H,1-3H3/b6-4-. The van der Waals surface area contributed by atoms with Crippen molar-refractivity contribution in [2.75, 3.05) is 14.1 Å². The first-order valence-electron chi connectivity index (χ1n) is 2.35. The summed E-state index contributed by atoms with van der Waals surface area (Å²) in [4.78, 5) is 10.2. The maximum Gasteiger partial charge on any atom is 0.172 e. The minimum absolute atomic E-state index is 0.0290. The number of hydrogen-bond acceptors (Lipinski definition) is 3. The topological polar surface area (TPSA) is 32.7 Å². The molecule has 0 aromatic carbocycles. The van der Waals surface area contributed by atoms with Crippen LogP contribution in [0.25, 0.3) is 0 Å². The molecule has 8 heavy (non-hydrogen) atoms. The molecule has 0 spiro atoms. The molecule has 0 rings (SSSR count). The van der Waals surface area contributed by atoms with Gasteiger partial charge in [0, 0.05) is 21.0 Å². The van der Waals surface area contributed by atoms with Gasteiger partial charge in [0.15, 0.2) is 5.78 Å². The van der Waals surface area contributed by atoms with Gasteiger partial charge in [0.25, 0.3) is 0 Å². The van der Waals surface area contributed by atoms with Crippen molar-refractivity contribution >= 4 is 12.0 Å². The van der Waals surface area contributed by atoms with Crippen LogP contribution in [-0.4, -0.2) is 31.1 Å². The monoisotopic (exact) mass is 114 g/mol. The molecule has 0 aliphatic heterocycles. The van der Waals surface area contributed by atoms with Gasteiger partial charge in [0.05, 0.1) is 6.21 Å². The molecular weight excluding hydrogens is 104 g/mol. The van der Waals surface area contributed by atoms with Crippen molar-refractivity contribution in [3.05, 3.63) is 0 Å². The van der Waals surface area contributed by atoms with E-state index in [1.807, 2.05) is 0 Å². The summed E-state index contributed by atoms with van der Waals surface area (Å²) in [6, 6.07) is 0. The Morgan fingerprint density at radius 2 is 2.12 bits per heavy atom. The summed E-state index contributed by atoms with van der Waals surface area (Å²) in [6.45, 7) is 1.47. The van der Waals surface area contributed by atoms with Gasteiger partial charge in [0.2, 0.25) is 0 Å². The number of hydrogen-bond donors (Lipinski definition) is 0. The summed E-state index contributed by atoms with van der Waals surface area (Å²) in [5.74, 6) is -0.0290. The number of hydrazone groups is 1. The zero-order valence-corrected chi connectivity index (χ0v) is 5.38. The highest BCUT2D eigenvalue weighted by atomic mass is 16.1. The zero-order valence-electron chi connectivity index (χ0n) is 5.38. The molecule has 0 amide bonds. The van der Waals surface area contributed by atoms with Crippen molar-refractivity contribution < 1.29 is 4.79 Å². The average molecular weight is 114 g/mol. The van der Waals surface area contributed by atoms with E-state index in [9.17, 15) is 4.79 Å². The van der Waals surface area contributed by atoms with Gasteiger partial charge in [-0.3, -0.25) is 4.79 Å². The van der Waals surface area contributed by atoms with Crippen LogP contribution in [0.1, 0.15) is 6.92 Å². The number of Topliss-reactive ketones (excluding diaryl/α,β-unsaturated/α-hetero) is 1. The van der Waals surface area contributed by atoms with Crippen LogP contribution in [0.15, 0.2) is 5.10 Å². The summed E-state index contributed by atoms with van der Waals surface area (Å²) >= 11 is 0. The molecule has 0 aliphatic rings. The maximum absolute atomic E-state index is 10.2. The normalized spacial score (nSPS) is 9.88. The molecule has 0 unspecified atom stereocenters. The fourth-order valence-electron chi connectivity index (χ4n) is 0.197. The van der Waals surface area contributed by atoms with Crippen molar-refractivity contribution in [2.45, 2.75) is 6.92 Å². The first-order valence-corrected chi connectivity index (χ1v) is 2.35. The second-order valence-corrected chi connectivity index (χ2v) is 1.70. The number of rotatable bonds is 2. The molecule has 0 bridgehead atoms. The summed E-state index contributed by atoms with van der Waals surface area (Å²) in [5.41, 5.74) is 0. The number of carbonyl (C=O) groups is 1. The highest BCUT2D eigenvalue weighted by Crippen LogP contribution is 1.70. The van der Waals surface area contributed by atoms with E-state index in [0.717, 1.165) is 0 Å². The molecule has 0 saturated carbocycles. The fourth-order valence-corrected chi connectivity index (χ4v) is 0.197. The zero-order chi connectivity index (χ0) is 6.57. The lowest BCUT2D eigenvalue weighted by Gasteiger charge is -1.99. The van der Waals surface area contributed by atoms with Crippen LogP contribution >= 0.6 is 0 Å². The smallest absolute Gasteiger partial charge is 0.172 e. The van der Waals surface area contributed by atoms with Gasteiger partial charge in [-0.05, 0) is 0 Å². The van der Waals surface area contributed by atoms with E-state index in [1.165, 1.54) is 13.1 Å². The van der Waals surface area contributed by atoms with E-state index < -0.39 is 0 Å². The van der Waals surface area contributed by atoms with Crippen molar-refractivity contribution in [3.8, 4) is 0 Å². The van der Waals surface area contributed by atoms with E-state index in [1.54, 1.807) is 19.1 Å². The van der Waals surface area contributed by atoms with Crippen LogP contribution in [0.2, 0.25) is 0 Å². The van der Waals surface area contributed by atoms with Crippen LogP contribution in [0.3, 0.4) is 0 Å². The lowest BCUT2D eigenvalue weighted by molar-refractivity contribution is -0.110. The summed E-state index contributed by atoms with van der Waals surface area (Å²) in [7, 11) is 3.53. The van der Waals surface area contributed by atoms with Crippen LogP contribution in [0, 0.1) is 0 Å². The minimum atomic E-state index is -0.0290. The Kier molecular flexibility index (Phi) is 2.84. The second-order valence-electron chi connectivity index (χ2n) is 1.70. The van der Waals surface area contributed by atoms with Gasteiger partial charge in [0.1, 0.15) is 0 Å². The van der Waals surface area contributed by atoms with Crippen LogP contribution in [-0.2, 0) is 4.79 Å². The van der Waals surface area contributed by atoms with Crippen molar-refractivity contribution in [1.29, 1.82) is 0 Å². The van der Waals surface area contributed by atoms with Crippen LogP contribution < -0.4 is 0 Å². The van der Waals surface area contributed by atoms with Gasteiger partial charge in [-0.1, -0.05) is 0 Å². The van der Waals surface area contributed by atoms with Crippen LogP contribution in [0.5, 0.6) is 0 Å². The van der Waals surface area contributed by atoms with Gasteiger partial charge in [-0.25, -0.2) is 0 Å². The Morgan fingerprint density at radius 3 is 2.25 bits per heavy atom. The van der Waals surface area contributed by atoms with Crippen LogP contribution in [0.4, 0.5) is 0 Å². The highest BCUT2D eigenvalue weighted by Gasteiger charge is 1.81. The lowest BCUT2D eigenvalue weighted by atomic mass is 10.5. The van der Waals surface area contributed by atoms with Gasteiger partial charge in [-0.2, -0.15) is 5.10 Å². The molecule has 0 atom stereocenters. The summed E-state index contributed by atoms with van der Waals surface area (Å²) in [5, 5.41) is 5.25. The molecule has 0 saturated heterocycles. The van der Waals surface area contributed by atoms with Crippen molar-refractivity contribution in [2.24, 2.45) is 5.10 Å². The van der Waals surface area contributed by atoms with Crippen molar-refractivity contribution in [3.63, 3.8) is 0 Å². The maximum atomic E-state index is 10.2. The molecule has 3 heteroatoms. The van der Waals surface area contributed by atoms with E-state index >= 15 is 0 Å². The predicted molar refractivity (Wildman–Crippen MR) is 32.9 cm³/mol. The molecule has 0 aromatic rings. The third-order valence-electron chi connectivity index (χ3n) is 0.470. The summed E-state index contributed by atoms with van der Waals surface area (Å²) in [6.07, 6.45) is 1.28. The van der Waals surface area contributed by atoms with E-state index in [2.05, 4.69) is 5.10 Å². The number of carbonyl (C=O) groups excluding carboxylic acids is 1. The molecule has 0 aliphatic carbocycles. The SMILES string of the molecule is CC(=O)/C=N\N(C)C. The predicted octanol–water partition coefficient (Wildman–Crippen LogP) is 0.123. The molecule has 0 N–H and O–H groups in total. The first-order chi connectivity index (χ1) is 3.63.